The number of nitrogen functional groups attached to an aromatic ring is 1. The van der Waals surface area contributed by atoms with E-state index in [1.54, 1.807) is 6.07 Å². The Bertz CT molecular complexity index is 391. The lowest BCUT2D eigenvalue weighted by Crippen LogP contribution is -2.40. The maximum Gasteiger partial charge on any atom is 0.251 e. The Balaban J connectivity index is 2.84. The van der Waals surface area contributed by atoms with Gasteiger partial charge in [-0.2, -0.15) is 0 Å². The molecule has 0 saturated carbocycles. The highest BCUT2D eigenvalue weighted by molar-refractivity contribution is 5.95. The van der Waals surface area contributed by atoms with Crippen molar-refractivity contribution in [3.63, 3.8) is 0 Å². The van der Waals surface area contributed by atoms with Crippen molar-refractivity contribution >= 4 is 11.6 Å². The van der Waals surface area contributed by atoms with Gasteiger partial charge in [0.25, 0.3) is 5.91 Å². The number of hydrogen-bond acceptors (Lipinski definition) is 5. The summed E-state index contributed by atoms with van der Waals surface area (Å²) in [5, 5.41) is 20.2. The van der Waals surface area contributed by atoms with Gasteiger partial charge in [-0.1, -0.05) is 0 Å². The van der Waals surface area contributed by atoms with Crippen LogP contribution in [-0.2, 0) is 0 Å². The van der Waals surface area contributed by atoms with Crippen molar-refractivity contribution in [3.05, 3.63) is 23.8 Å². The van der Waals surface area contributed by atoms with Gasteiger partial charge in [0.2, 0.25) is 0 Å². The molecule has 1 rings (SSSR count). The first-order valence-electron chi connectivity index (χ1n) is 5.07. The zero-order valence-corrected chi connectivity index (χ0v) is 9.51. The Morgan fingerprint density at radius 3 is 2.59 bits per heavy atom. The van der Waals surface area contributed by atoms with Crippen molar-refractivity contribution in [1.82, 2.24) is 5.32 Å². The molecule has 0 saturated heterocycles. The van der Waals surface area contributed by atoms with E-state index in [1.807, 2.05) is 0 Å². The number of anilines is 1. The van der Waals surface area contributed by atoms with Gasteiger partial charge in [-0.15, -0.1) is 0 Å². The molecular weight excluding hydrogens is 224 g/mol. The van der Waals surface area contributed by atoms with Gasteiger partial charge in [0, 0.05) is 17.3 Å². The quantitative estimate of drug-likeness (QED) is 0.512. The zero-order valence-electron chi connectivity index (χ0n) is 9.51. The average molecular weight is 240 g/mol. The molecule has 0 fully saturated rings. The third kappa shape index (κ3) is 3.61. The maximum atomic E-state index is 11.7. The Labute approximate surface area is 99.0 Å². The van der Waals surface area contributed by atoms with Crippen LogP contribution in [0.25, 0.3) is 0 Å². The molecule has 0 aliphatic carbocycles. The Kier molecular flexibility index (Phi) is 4.74. The molecule has 0 aliphatic rings. The molecule has 1 aromatic carbocycles. The fraction of sp³-hybridized carbons (Fsp3) is 0.364. The van der Waals surface area contributed by atoms with E-state index in [2.05, 4.69) is 5.32 Å². The van der Waals surface area contributed by atoms with Gasteiger partial charge >= 0.3 is 0 Å². The number of benzene rings is 1. The third-order valence-corrected chi connectivity index (χ3v) is 2.20. The lowest BCUT2D eigenvalue weighted by Gasteiger charge is -2.14. The molecule has 0 unspecified atom stereocenters. The topological polar surface area (TPSA) is 105 Å². The van der Waals surface area contributed by atoms with Crippen LogP contribution >= 0.6 is 0 Å². The second-order valence-electron chi connectivity index (χ2n) is 3.53. The largest absolute Gasteiger partial charge is 0.497 e. The summed E-state index contributed by atoms with van der Waals surface area (Å²) in [6.45, 7) is -0.663. The van der Waals surface area contributed by atoms with Crippen LogP contribution in [0.15, 0.2) is 18.2 Å². The number of aliphatic hydroxyl groups excluding tert-OH is 2. The lowest BCUT2D eigenvalue weighted by molar-refractivity contribution is 0.0879. The number of nitrogens with two attached hydrogens (primary N) is 1. The normalized spacial score (nSPS) is 10.4. The molecular formula is C11H16N2O4. The van der Waals surface area contributed by atoms with Crippen LogP contribution in [0.2, 0.25) is 0 Å². The van der Waals surface area contributed by atoms with Crippen molar-refractivity contribution in [2.75, 3.05) is 26.1 Å². The molecule has 0 bridgehead atoms. The number of methoxy groups -OCH3 is 1. The van der Waals surface area contributed by atoms with E-state index in [0.717, 1.165) is 0 Å². The zero-order chi connectivity index (χ0) is 12.8. The Hall–Kier alpha value is -1.79. The third-order valence-electron chi connectivity index (χ3n) is 2.20. The molecule has 1 aromatic rings. The molecule has 6 nitrogen and oxygen atoms in total. The van der Waals surface area contributed by atoms with Crippen LogP contribution in [0.1, 0.15) is 10.4 Å². The summed E-state index contributed by atoms with van der Waals surface area (Å²) in [5.74, 6) is 0.0448. The van der Waals surface area contributed by atoms with Crippen LogP contribution in [0.3, 0.4) is 0 Å². The summed E-state index contributed by atoms with van der Waals surface area (Å²) in [5.41, 5.74) is 6.33. The van der Waals surface area contributed by atoms with Crippen LogP contribution < -0.4 is 15.8 Å². The van der Waals surface area contributed by atoms with E-state index in [0.29, 0.717) is 17.0 Å². The summed E-state index contributed by atoms with van der Waals surface area (Å²) in [4.78, 5) is 11.7. The molecule has 0 aliphatic heterocycles. The summed E-state index contributed by atoms with van der Waals surface area (Å²) in [7, 11) is 1.47. The second kappa shape index (κ2) is 6.07. The van der Waals surface area contributed by atoms with Gasteiger partial charge in [-0.25, -0.2) is 0 Å². The molecule has 5 N–H and O–H groups in total. The Morgan fingerprint density at radius 2 is 2.06 bits per heavy atom. The number of amides is 1. The SMILES string of the molecule is COc1cc(N)cc(C(=O)NC(CO)CO)c1. The number of rotatable bonds is 5. The summed E-state index contributed by atoms with van der Waals surface area (Å²) >= 11 is 0. The summed E-state index contributed by atoms with van der Waals surface area (Å²) in [6.07, 6.45) is 0. The van der Waals surface area contributed by atoms with Crippen LogP contribution in [0.4, 0.5) is 5.69 Å². The fourth-order valence-electron chi connectivity index (χ4n) is 1.29. The maximum absolute atomic E-state index is 11.7. The van der Waals surface area contributed by atoms with Gasteiger partial charge in [0.05, 0.1) is 26.4 Å². The Morgan fingerprint density at radius 1 is 1.41 bits per heavy atom. The van der Waals surface area contributed by atoms with E-state index in [9.17, 15) is 4.79 Å². The lowest BCUT2D eigenvalue weighted by atomic mass is 10.1. The first-order chi connectivity index (χ1) is 8.10. The van der Waals surface area contributed by atoms with Gasteiger partial charge in [-0.05, 0) is 12.1 Å². The highest BCUT2D eigenvalue weighted by Gasteiger charge is 2.13. The molecule has 0 heterocycles. The van der Waals surface area contributed by atoms with Gasteiger partial charge in [0.1, 0.15) is 5.75 Å². The molecule has 94 valence electrons. The van der Waals surface area contributed by atoms with Crippen LogP contribution in [0, 0.1) is 0 Å². The van der Waals surface area contributed by atoms with Gasteiger partial charge in [-0.3, -0.25) is 4.79 Å². The highest BCUT2D eigenvalue weighted by Crippen LogP contribution is 2.18. The smallest absolute Gasteiger partial charge is 0.251 e. The van der Waals surface area contributed by atoms with E-state index < -0.39 is 11.9 Å². The van der Waals surface area contributed by atoms with Gasteiger partial charge < -0.3 is 26.0 Å². The predicted octanol–water partition coefficient (Wildman–Crippen LogP) is -0.640. The van der Waals surface area contributed by atoms with Crippen molar-refractivity contribution in [3.8, 4) is 5.75 Å². The summed E-state index contributed by atoms with van der Waals surface area (Å²) < 4.78 is 4.98. The number of ether oxygens (including phenoxy) is 1. The second-order valence-corrected chi connectivity index (χ2v) is 3.53. The number of aliphatic hydroxyl groups is 2. The predicted molar refractivity (Wildman–Crippen MR) is 62.8 cm³/mol. The minimum Gasteiger partial charge on any atom is -0.497 e. The summed E-state index contributed by atoms with van der Waals surface area (Å²) in [6, 6.07) is 3.92. The van der Waals surface area contributed by atoms with Crippen molar-refractivity contribution in [2.45, 2.75) is 6.04 Å². The number of hydrogen-bond donors (Lipinski definition) is 4. The van der Waals surface area contributed by atoms with Crippen LogP contribution in [0.5, 0.6) is 5.75 Å². The van der Waals surface area contributed by atoms with E-state index in [-0.39, 0.29) is 13.2 Å². The monoisotopic (exact) mass is 240 g/mol. The molecule has 17 heavy (non-hydrogen) atoms. The molecule has 6 heteroatoms. The average Bonchev–Trinajstić information content (AvgIpc) is 2.34. The standard InChI is InChI=1S/C11H16N2O4/c1-17-10-3-7(2-8(12)4-10)11(16)13-9(5-14)6-15/h2-4,9,14-15H,5-6,12H2,1H3,(H,13,16). The first-order valence-corrected chi connectivity index (χ1v) is 5.07. The van der Waals surface area contributed by atoms with Crippen molar-refractivity contribution < 1.29 is 19.7 Å². The fourth-order valence-corrected chi connectivity index (χ4v) is 1.29. The molecule has 0 aromatic heterocycles. The van der Waals surface area contributed by atoms with E-state index >= 15 is 0 Å². The highest BCUT2D eigenvalue weighted by atomic mass is 16.5. The minimum atomic E-state index is -0.685. The first kappa shape index (κ1) is 13.3. The number of carbonyl (C=O) groups excluding carboxylic acids is 1. The van der Waals surface area contributed by atoms with E-state index in [1.165, 1.54) is 19.2 Å². The molecule has 0 atom stereocenters. The minimum absolute atomic E-state index is 0.314. The number of carbonyl (C=O) groups is 1. The van der Waals surface area contributed by atoms with Crippen LogP contribution in [-0.4, -0.2) is 42.5 Å². The van der Waals surface area contributed by atoms with Crippen molar-refractivity contribution in [1.29, 1.82) is 0 Å². The van der Waals surface area contributed by atoms with Crippen molar-refractivity contribution in [2.24, 2.45) is 0 Å². The van der Waals surface area contributed by atoms with Gasteiger partial charge in [0.15, 0.2) is 0 Å². The molecule has 0 spiro atoms. The molecule has 0 radical (unpaired) electrons. The number of nitrogens with one attached hydrogen (secondary N) is 1. The van der Waals surface area contributed by atoms with E-state index in [4.69, 9.17) is 20.7 Å². The molecule has 1 amide bonds.